The van der Waals surface area contributed by atoms with Crippen LogP contribution in [0.1, 0.15) is 5.56 Å². The third-order valence-electron chi connectivity index (χ3n) is 4.11. The lowest BCUT2D eigenvalue weighted by molar-refractivity contribution is -0.115. The van der Waals surface area contributed by atoms with E-state index in [2.05, 4.69) is 4.99 Å². The third kappa shape index (κ3) is 4.42. The van der Waals surface area contributed by atoms with Crippen molar-refractivity contribution in [2.45, 2.75) is 5.75 Å². The second kappa shape index (κ2) is 8.15. The normalized spacial score (nSPS) is 12.3. The Balaban J connectivity index is 1.89. The van der Waals surface area contributed by atoms with E-state index in [0.29, 0.717) is 21.9 Å². The zero-order valence-electron chi connectivity index (χ0n) is 15.7. The fourth-order valence-electron chi connectivity index (χ4n) is 2.77. The highest BCUT2D eigenvalue weighted by Crippen LogP contribution is 2.32. The van der Waals surface area contributed by atoms with Crippen LogP contribution in [0.2, 0.25) is 0 Å². The highest BCUT2D eigenvalue weighted by atomic mass is 32.2. The van der Waals surface area contributed by atoms with E-state index in [0.717, 1.165) is 10.2 Å². The van der Waals surface area contributed by atoms with Crippen LogP contribution >= 0.6 is 11.3 Å². The van der Waals surface area contributed by atoms with Crippen molar-refractivity contribution in [3.05, 3.63) is 52.8 Å². The number of benzene rings is 2. The van der Waals surface area contributed by atoms with E-state index in [1.54, 1.807) is 62.2 Å². The van der Waals surface area contributed by atoms with Crippen LogP contribution in [0.3, 0.4) is 0 Å². The van der Waals surface area contributed by atoms with Crippen LogP contribution in [0, 0.1) is 0 Å². The number of ether oxygens (including phenoxy) is 2. The summed E-state index contributed by atoms with van der Waals surface area (Å²) in [5.41, 5.74) is 1.45. The average Bonchev–Trinajstić information content (AvgIpc) is 2.95. The van der Waals surface area contributed by atoms with Crippen molar-refractivity contribution in [3.63, 3.8) is 0 Å². The molecule has 1 aromatic heterocycles. The molecule has 0 spiro atoms. The zero-order chi connectivity index (χ0) is 20.3. The number of amides is 1. The highest BCUT2D eigenvalue weighted by molar-refractivity contribution is 7.91. The van der Waals surface area contributed by atoms with E-state index < -0.39 is 21.5 Å². The molecule has 0 unspecified atom stereocenters. The molecule has 3 aromatic rings. The van der Waals surface area contributed by atoms with Crippen LogP contribution in [0.25, 0.3) is 10.2 Å². The maximum Gasteiger partial charge on any atom is 0.263 e. The Morgan fingerprint density at radius 3 is 2.39 bits per heavy atom. The number of hydrogen-bond acceptors (Lipinski definition) is 6. The first-order chi connectivity index (χ1) is 13.3. The van der Waals surface area contributed by atoms with Gasteiger partial charge in [-0.2, -0.15) is 4.99 Å². The molecule has 0 atom stereocenters. The molecule has 0 fully saturated rings. The largest absolute Gasteiger partial charge is 0.493 e. The second-order valence-electron chi connectivity index (χ2n) is 6.14. The van der Waals surface area contributed by atoms with Gasteiger partial charge in [0.2, 0.25) is 0 Å². The lowest BCUT2D eigenvalue weighted by Crippen LogP contribution is -2.20. The standard InChI is InChI=1S/C19H20N2O5S2/c1-21-14-9-15(25-2)16(26-3)10-17(14)27-19(21)20-18(22)12-28(23,24)11-13-7-5-4-6-8-13/h4-10H,11-12H2,1-3H3. The van der Waals surface area contributed by atoms with Crippen molar-refractivity contribution in [2.75, 3.05) is 20.0 Å². The van der Waals surface area contributed by atoms with Crippen molar-refractivity contribution < 1.29 is 22.7 Å². The van der Waals surface area contributed by atoms with Gasteiger partial charge in [0, 0.05) is 19.2 Å². The number of rotatable bonds is 6. The van der Waals surface area contributed by atoms with Crippen molar-refractivity contribution in [1.29, 1.82) is 0 Å². The summed E-state index contributed by atoms with van der Waals surface area (Å²) >= 11 is 1.28. The highest BCUT2D eigenvalue weighted by Gasteiger charge is 2.18. The first kappa shape index (κ1) is 20.1. The molecule has 0 saturated carbocycles. The fourth-order valence-corrected chi connectivity index (χ4v) is 5.06. The molecule has 0 aliphatic heterocycles. The smallest absolute Gasteiger partial charge is 0.263 e. The number of sulfone groups is 1. The monoisotopic (exact) mass is 420 g/mol. The van der Waals surface area contributed by atoms with Gasteiger partial charge in [-0.1, -0.05) is 41.7 Å². The third-order valence-corrected chi connectivity index (χ3v) is 6.66. The summed E-state index contributed by atoms with van der Waals surface area (Å²) in [6, 6.07) is 12.3. The molecule has 9 heteroatoms. The average molecular weight is 421 g/mol. The Labute approximate surface area is 166 Å². The first-order valence-electron chi connectivity index (χ1n) is 8.36. The Kier molecular flexibility index (Phi) is 5.85. The van der Waals surface area contributed by atoms with Crippen LogP contribution in [0.15, 0.2) is 47.5 Å². The summed E-state index contributed by atoms with van der Waals surface area (Å²) in [5.74, 6) is -0.394. The van der Waals surface area contributed by atoms with Gasteiger partial charge in [-0.05, 0) is 5.56 Å². The summed E-state index contributed by atoms with van der Waals surface area (Å²) in [6.45, 7) is 0. The number of aryl methyl sites for hydroxylation is 1. The van der Waals surface area contributed by atoms with Crippen LogP contribution in [-0.4, -0.2) is 38.9 Å². The van der Waals surface area contributed by atoms with E-state index in [1.807, 2.05) is 6.07 Å². The van der Waals surface area contributed by atoms with E-state index in [4.69, 9.17) is 9.47 Å². The first-order valence-corrected chi connectivity index (χ1v) is 11.0. The topological polar surface area (TPSA) is 87.0 Å². The van der Waals surface area contributed by atoms with E-state index >= 15 is 0 Å². The second-order valence-corrected chi connectivity index (χ2v) is 9.22. The van der Waals surface area contributed by atoms with Crippen LogP contribution in [0.4, 0.5) is 0 Å². The molecular weight excluding hydrogens is 400 g/mol. The molecule has 2 aromatic carbocycles. The molecule has 148 valence electrons. The maximum atomic E-state index is 12.3. The lowest BCUT2D eigenvalue weighted by atomic mass is 10.2. The molecule has 0 aliphatic rings. The summed E-state index contributed by atoms with van der Waals surface area (Å²) in [6.07, 6.45) is 0. The fraction of sp³-hybridized carbons (Fsp3) is 0.263. The Hall–Kier alpha value is -2.65. The van der Waals surface area contributed by atoms with Gasteiger partial charge < -0.3 is 14.0 Å². The number of methoxy groups -OCH3 is 2. The summed E-state index contributed by atoms with van der Waals surface area (Å²) < 4.78 is 37.8. The van der Waals surface area contributed by atoms with Gasteiger partial charge in [0.15, 0.2) is 26.1 Å². The molecule has 0 N–H and O–H groups in total. The molecule has 0 aliphatic carbocycles. The number of fused-ring (bicyclic) bond motifs is 1. The Morgan fingerprint density at radius 1 is 1.11 bits per heavy atom. The molecule has 0 radical (unpaired) electrons. The maximum absolute atomic E-state index is 12.3. The minimum atomic E-state index is -3.61. The molecule has 1 heterocycles. The van der Waals surface area contributed by atoms with Crippen molar-refractivity contribution in [3.8, 4) is 11.5 Å². The van der Waals surface area contributed by atoms with Gasteiger partial charge in [0.05, 0.1) is 30.2 Å². The predicted molar refractivity (Wildman–Crippen MR) is 108 cm³/mol. The zero-order valence-corrected chi connectivity index (χ0v) is 17.3. The lowest BCUT2D eigenvalue weighted by Gasteiger charge is -2.07. The van der Waals surface area contributed by atoms with E-state index in [-0.39, 0.29) is 5.75 Å². The Morgan fingerprint density at radius 2 is 1.75 bits per heavy atom. The number of nitrogens with zero attached hydrogens (tertiary/aromatic N) is 2. The minimum Gasteiger partial charge on any atom is -0.493 e. The summed E-state index contributed by atoms with van der Waals surface area (Å²) in [7, 11) is 1.24. The number of carbonyl (C=O) groups is 1. The number of aromatic nitrogens is 1. The molecule has 0 bridgehead atoms. The SMILES string of the molecule is COc1cc2sc(=NC(=O)CS(=O)(=O)Cc3ccccc3)n(C)c2cc1OC. The van der Waals surface area contributed by atoms with Gasteiger partial charge in [-0.3, -0.25) is 4.79 Å². The van der Waals surface area contributed by atoms with Gasteiger partial charge in [0.25, 0.3) is 5.91 Å². The number of hydrogen-bond donors (Lipinski definition) is 0. The number of thiazole rings is 1. The van der Waals surface area contributed by atoms with Crippen molar-refractivity contribution in [2.24, 2.45) is 12.0 Å². The van der Waals surface area contributed by atoms with Crippen molar-refractivity contribution in [1.82, 2.24) is 4.57 Å². The quantitative estimate of drug-likeness (QED) is 0.611. The summed E-state index contributed by atoms with van der Waals surface area (Å²) in [5, 5.41) is 0. The molecule has 0 saturated heterocycles. The van der Waals surface area contributed by atoms with Crippen LogP contribution in [0.5, 0.6) is 11.5 Å². The molecule has 1 amide bonds. The van der Waals surface area contributed by atoms with Gasteiger partial charge in [0.1, 0.15) is 5.75 Å². The molecule has 3 rings (SSSR count). The summed E-state index contributed by atoms with van der Waals surface area (Å²) in [4.78, 5) is 16.7. The minimum absolute atomic E-state index is 0.192. The van der Waals surface area contributed by atoms with Gasteiger partial charge in [-0.25, -0.2) is 8.42 Å². The van der Waals surface area contributed by atoms with Gasteiger partial charge in [-0.15, -0.1) is 0 Å². The number of carbonyl (C=O) groups excluding carboxylic acids is 1. The van der Waals surface area contributed by atoms with E-state index in [1.165, 1.54) is 11.3 Å². The van der Waals surface area contributed by atoms with Crippen LogP contribution in [-0.2, 0) is 27.4 Å². The van der Waals surface area contributed by atoms with Crippen LogP contribution < -0.4 is 14.3 Å². The Bertz CT molecular complexity index is 1180. The van der Waals surface area contributed by atoms with Crippen molar-refractivity contribution >= 4 is 37.3 Å². The molecule has 7 nitrogen and oxygen atoms in total. The predicted octanol–water partition coefficient (Wildman–Crippen LogP) is 2.30. The van der Waals surface area contributed by atoms with E-state index in [9.17, 15) is 13.2 Å². The molecule has 28 heavy (non-hydrogen) atoms. The van der Waals surface area contributed by atoms with Gasteiger partial charge >= 0.3 is 0 Å². The molecular formula is C19H20N2O5S2.